The summed E-state index contributed by atoms with van der Waals surface area (Å²) in [6, 6.07) is 9.18. The topological polar surface area (TPSA) is 60.2 Å². The molecule has 4 heteroatoms. The van der Waals surface area contributed by atoms with Crippen LogP contribution in [0.3, 0.4) is 0 Å². The summed E-state index contributed by atoms with van der Waals surface area (Å²) in [6.07, 6.45) is 0.333. The second-order valence-electron chi connectivity index (χ2n) is 3.90. The van der Waals surface area contributed by atoms with Gasteiger partial charge in [-0.2, -0.15) is 0 Å². The highest BCUT2D eigenvalue weighted by Crippen LogP contribution is 2.54. The van der Waals surface area contributed by atoms with Gasteiger partial charge in [-0.05, 0) is 5.56 Å². The maximum absolute atomic E-state index is 11.3. The Morgan fingerprint density at radius 2 is 2.07 bits per heavy atom. The molecule has 2 rings (SSSR count). The SMILES string of the molecule is CC(=O)[C@]1([N+](=O)[O-])C[C@@H]1c1ccccc1. The van der Waals surface area contributed by atoms with Crippen molar-refractivity contribution < 1.29 is 9.72 Å². The third-order valence-corrected chi connectivity index (χ3v) is 3.07. The molecule has 0 aromatic heterocycles. The van der Waals surface area contributed by atoms with Crippen molar-refractivity contribution in [3.63, 3.8) is 0 Å². The van der Waals surface area contributed by atoms with Crippen molar-refractivity contribution in [2.75, 3.05) is 0 Å². The minimum absolute atomic E-state index is 0.244. The first-order chi connectivity index (χ1) is 7.09. The lowest BCUT2D eigenvalue weighted by Gasteiger charge is -2.04. The second kappa shape index (κ2) is 3.15. The van der Waals surface area contributed by atoms with Gasteiger partial charge in [0.2, 0.25) is 5.78 Å². The van der Waals surface area contributed by atoms with Gasteiger partial charge in [0.15, 0.2) is 0 Å². The van der Waals surface area contributed by atoms with Crippen molar-refractivity contribution in [1.29, 1.82) is 0 Å². The maximum atomic E-state index is 11.3. The van der Waals surface area contributed by atoms with Gasteiger partial charge in [0.05, 0.1) is 5.92 Å². The number of ketones is 1. The fraction of sp³-hybridized carbons (Fsp3) is 0.364. The first-order valence-electron chi connectivity index (χ1n) is 4.79. The van der Waals surface area contributed by atoms with Crippen LogP contribution in [0.2, 0.25) is 0 Å². The fourth-order valence-corrected chi connectivity index (χ4v) is 2.05. The van der Waals surface area contributed by atoms with Crippen LogP contribution in [0, 0.1) is 10.1 Å². The Kier molecular flexibility index (Phi) is 2.07. The molecule has 2 atom stereocenters. The van der Waals surface area contributed by atoms with Gasteiger partial charge in [-0.15, -0.1) is 0 Å². The molecule has 78 valence electrons. The molecule has 1 aliphatic rings. The van der Waals surface area contributed by atoms with Crippen molar-refractivity contribution in [2.24, 2.45) is 0 Å². The van der Waals surface area contributed by atoms with Crippen LogP contribution in [0.25, 0.3) is 0 Å². The van der Waals surface area contributed by atoms with Crippen molar-refractivity contribution in [1.82, 2.24) is 0 Å². The van der Waals surface area contributed by atoms with Crippen molar-refractivity contribution in [3.05, 3.63) is 46.0 Å². The van der Waals surface area contributed by atoms with Crippen LogP contribution in [0.1, 0.15) is 24.8 Å². The minimum Gasteiger partial charge on any atom is -0.292 e. The summed E-state index contributed by atoms with van der Waals surface area (Å²) in [7, 11) is 0. The van der Waals surface area contributed by atoms with Crippen LogP contribution in [-0.4, -0.2) is 16.2 Å². The lowest BCUT2D eigenvalue weighted by Crippen LogP contribution is -2.31. The molecule has 0 amide bonds. The predicted octanol–water partition coefficient (Wildman–Crippen LogP) is 1.78. The molecule has 0 saturated heterocycles. The largest absolute Gasteiger partial charge is 0.292 e. The number of nitro groups is 1. The van der Waals surface area contributed by atoms with Gasteiger partial charge in [0, 0.05) is 18.3 Å². The summed E-state index contributed by atoms with van der Waals surface area (Å²) < 4.78 is 0. The molecule has 1 fully saturated rings. The van der Waals surface area contributed by atoms with Crippen molar-refractivity contribution in [2.45, 2.75) is 24.8 Å². The Morgan fingerprint density at radius 3 is 2.47 bits per heavy atom. The number of rotatable bonds is 3. The summed E-state index contributed by atoms with van der Waals surface area (Å²) in [5.74, 6) is -0.590. The Hall–Kier alpha value is -1.71. The number of Topliss-reactive ketones (excluding diaryl/α,β-unsaturated/α-hetero) is 1. The fourth-order valence-electron chi connectivity index (χ4n) is 2.05. The molecule has 0 radical (unpaired) electrons. The first-order valence-corrected chi connectivity index (χ1v) is 4.79. The smallest absolute Gasteiger partial charge is 0.286 e. The van der Waals surface area contributed by atoms with Gasteiger partial charge in [0.25, 0.3) is 5.54 Å². The third-order valence-electron chi connectivity index (χ3n) is 3.07. The first kappa shape index (κ1) is 9.83. The lowest BCUT2D eigenvalue weighted by molar-refractivity contribution is -0.523. The number of nitrogens with zero attached hydrogens (tertiary/aromatic N) is 1. The van der Waals surface area contributed by atoms with E-state index in [2.05, 4.69) is 0 Å². The molecule has 0 spiro atoms. The van der Waals surface area contributed by atoms with Crippen LogP contribution >= 0.6 is 0 Å². The van der Waals surface area contributed by atoms with Crippen LogP contribution in [0.4, 0.5) is 0 Å². The summed E-state index contributed by atoms with van der Waals surface area (Å²) in [5, 5.41) is 10.9. The molecule has 0 N–H and O–H groups in total. The Labute approximate surface area is 87.1 Å². The summed E-state index contributed by atoms with van der Waals surface area (Å²) in [6.45, 7) is 1.30. The molecular weight excluding hydrogens is 194 g/mol. The van der Waals surface area contributed by atoms with Gasteiger partial charge in [-0.3, -0.25) is 14.9 Å². The predicted molar refractivity (Wildman–Crippen MR) is 54.2 cm³/mol. The highest BCUT2D eigenvalue weighted by atomic mass is 16.6. The van der Waals surface area contributed by atoms with Crippen LogP contribution in [0.5, 0.6) is 0 Å². The third kappa shape index (κ3) is 1.33. The molecular formula is C11H11NO3. The molecule has 0 aliphatic heterocycles. The van der Waals surface area contributed by atoms with E-state index in [4.69, 9.17) is 0 Å². The quantitative estimate of drug-likeness (QED) is 0.558. The van der Waals surface area contributed by atoms with E-state index in [0.717, 1.165) is 5.56 Å². The Balaban J connectivity index is 2.31. The van der Waals surface area contributed by atoms with E-state index in [0.29, 0.717) is 6.42 Å². The number of benzene rings is 1. The average Bonchev–Trinajstić information content (AvgIpc) is 2.95. The second-order valence-corrected chi connectivity index (χ2v) is 3.90. The van der Waals surface area contributed by atoms with Crippen molar-refractivity contribution >= 4 is 5.78 Å². The number of hydrogen-bond donors (Lipinski definition) is 0. The van der Waals surface area contributed by atoms with Crippen LogP contribution < -0.4 is 0 Å². The molecule has 1 aliphatic carbocycles. The van der Waals surface area contributed by atoms with E-state index in [9.17, 15) is 14.9 Å². The molecule has 1 aromatic rings. The number of carbonyl (C=O) groups excluding carboxylic acids is 1. The summed E-state index contributed by atoms with van der Waals surface area (Å²) in [4.78, 5) is 21.8. The van der Waals surface area contributed by atoms with E-state index >= 15 is 0 Å². The van der Waals surface area contributed by atoms with E-state index < -0.39 is 10.5 Å². The van der Waals surface area contributed by atoms with Gasteiger partial charge in [-0.25, -0.2) is 0 Å². The Morgan fingerprint density at radius 1 is 1.47 bits per heavy atom. The molecule has 0 bridgehead atoms. The molecule has 15 heavy (non-hydrogen) atoms. The number of hydrogen-bond acceptors (Lipinski definition) is 3. The monoisotopic (exact) mass is 205 g/mol. The molecule has 0 unspecified atom stereocenters. The zero-order chi connectivity index (χ0) is 11.1. The zero-order valence-corrected chi connectivity index (χ0v) is 8.34. The highest BCUT2D eigenvalue weighted by Gasteiger charge is 2.70. The van der Waals surface area contributed by atoms with E-state index in [1.165, 1.54) is 6.92 Å². The summed E-state index contributed by atoms with van der Waals surface area (Å²) >= 11 is 0. The Bertz CT molecular complexity index is 399. The molecule has 4 nitrogen and oxygen atoms in total. The van der Waals surface area contributed by atoms with Gasteiger partial charge >= 0.3 is 0 Å². The molecule has 1 saturated carbocycles. The van der Waals surface area contributed by atoms with Crippen molar-refractivity contribution in [3.8, 4) is 0 Å². The van der Waals surface area contributed by atoms with Crippen LogP contribution in [0.15, 0.2) is 30.3 Å². The standard InChI is InChI=1S/C11H11NO3/c1-8(13)11(12(14)15)7-10(11)9-5-3-2-4-6-9/h2-6,10H,7H2,1H3/t10-,11-/m1/s1. The van der Waals surface area contributed by atoms with Gasteiger partial charge in [-0.1, -0.05) is 30.3 Å². The lowest BCUT2D eigenvalue weighted by atomic mass is 10.0. The molecule has 0 heterocycles. The van der Waals surface area contributed by atoms with E-state index in [1.807, 2.05) is 30.3 Å². The van der Waals surface area contributed by atoms with Gasteiger partial charge in [0.1, 0.15) is 0 Å². The zero-order valence-electron chi connectivity index (χ0n) is 8.34. The minimum atomic E-state index is -1.35. The normalized spacial score (nSPS) is 28.5. The van der Waals surface area contributed by atoms with Gasteiger partial charge < -0.3 is 0 Å². The highest BCUT2D eigenvalue weighted by molar-refractivity contribution is 5.89. The van der Waals surface area contributed by atoms with Crippen LogP contribution in [-0.2, 0) is 4.79 Å². The van der Waals surface area contributed by atoms with E-state index in [1.54, 1.807) is 0 Å². The van der Waals surface area contributed by atoms with E-state index in [-0.39, 0.29) is 11.7 Å². The maximum Gasteiger partial charge on any atom is 0.286 e. The number of carbonyl (C=O) groups is 1. The summed E-state index contributed by atoms with van der Waals surface area (Å²) in [5.41, 5.74) is -0.467. The molecule has 1 aromatic carbocycles. The average molecular weight is 205 g/mol.